The van der Waals surface area contributed by atoms with Crippen LogP contribution in [0.2, 0.25) is 0 Å². The summed E-state index contributed by atoms with van der Waals surface area (Å²) in [4.78, 5) is 24.5. The zero-order valence-corrected chi connectivity index (χ0v) is 35.2. The molecule has 1 aliphatic heterocycles. The first-order valence-electron chi connectivity index (χ1n) is 20.8. The van der Waals surface area contributed by atoms with Crippen molar-refractivity contribution in [1.82, 2.24) is 0 Å². The van der Waals surface area contributed by atoms with Gasteiger partial charge in [-0.1, -0.05) is 94.3 Å². The third kappa shape index (κ3) is 12.3. The topological polar surface area (TPSA) is 89.5 Å². The minimum Gasteiger partial charge on any atom is -0.496 e. The number of methoxy groups -OCH3 is 1. The highest BCUT2D eigenvalue weighted by Crippen LogP contribution is 2.41. The summed E-state index contributed by atoms with van der Waals surface area (Å²) in [5, 5.41) is 0. The number of rotatable bonds is 19. The molecule has 8 nitrogen and oxygen atoms in total. The Labute approximate surface area is 340 Å². The van der Waals surface area contributed by atoms with Crippen molar-refractivity contribution in [2.24, 2.45) is 11.3 Å². The molecule has 0 atom stereocenters. The summed E-state index contributed by atoms with van der Waals surface area (Å²) >= 11 is 0. The van der Waals surface area contributed by atoms with Crippen molar-refractivity contribution >= 4 is 11.9 Å². The summed E-state index contributed by atoms with van der Waals surface area (Å²) in [6.07, 6.45) is 11.9. The Morgan fingerprint density at radius 1 is 0.754 bits per heavy atom. The van der Waals surface area contributed by atoms with Gasteiger partial charge in [-0.05, 0) is 112 Å². The van der Waals surface area contributed by atoms with E-state index in [2.05, 4.69) is 74.7 Å². The quantitative estimate of drug-likeness (QED) is 0.0675. The van der Waals surface area contributed by atoms with Gasteiger partial charge >= 0.3 is 11.9 Å². The fraction of sp³-hybridized carbons (Fsp3) is 0.510. The molecule has 8 heteroatoms. The van der Waals surface area contributed by atoms with E-state index in [9.17, 15) is 9.59 Å². The molecule has 2 fully saturated rings. The molecule has 0 unspecified atom stereocenters. The maximum atomic E-state index is 12.4. The van der Waals surface area contributed by atoms with Crippen LogP contribution in [0.4, 0.5) is 0 Å². The van der Waals surface area contributed by atoms with Crippen LogP contribution in [-0.2, 0) is 35.0 Å². The molecule has 2 aliphatic rings. The van der Waals surface area contributed by atoms with Crippen LogP contribution in [0.5, 0.6) is 11.5 Å². The number of aryl methyl sites for hydroxylation is 1. The van der Waals surface area contributed by atoms with Crippen molar-refractivity contribution in [3.05, 3.63) is 96.1 Å². The minimum absolute atomic E-state index is 0.0332. The number of esters is 2. The Kier molecular flexibility index (Phi) is 15.6. The van der Waals surface area contributed by atoms with Crippen molar-refractivity contribution in [2.45, 2.75) is 111 Å². The number of benzene rings is 3. The monoisotopic (exact) mass is 780 g/mol. The van der Waals surface area contributed by atoms with Crippen LogP contribution in [-0.4, -0.2) is 57.9 Å². The summed E-state index contributed by atoms with van der Waals surface area (Å²) in [6, 6.07) is 21.7. The molecule has 1 heterocycles. The van der Waals surface area contributed by atoms with Crippen molar-refractivity contribution in [1.29, 1.82) is 0 Å². The number of carbonyl (C=O) groups excluding carboxylic acids is 2. The molecule has 5 rings (SSSR count). The third-order valence-electron chi connectivity index (χ3n) is 11.4. The standard InChI is InChI=1S/C49H64O8/c1-9-10-11-13-36-15-17-37(18-16-36)38-19-21-39(22-20-38)40-23-25-41(26-24-40)43-28-42(14-12-27-53-46(50)34(2)3)44(29-45(43)52-8)54-30-49(31-55-47(51)35(4)5)32-56-48(6,7)57-33-49/h19-26,28-29,36-37H,2,4,9-18,27,30-33H2,1,3,5-8H3. The fourth-order valence-electron chi connectivity index (χ4n) is 7.66. The lowest BCUT2D eigenvalue weighted by molar-refractivity contribution is -0.294. The molecule has 0 aromatic heterocycles. The van der Waals surface area contributed by atoms with Gasteiger partial charge in [0.2, 0.25) is 0 Å². The van der Waals surface area contributed by atoms with Gasteiger partial charge in [-0.25, -0.2) is 9.59 Å². The van der Waals surface area contributed by atoms with E-state index >= 15 is 0 Å². The highest BCUT2D eigenvalue weighted by atomic mass is 16.7. The lowest BCUT2D eigenvalue weighted by Gasteiger charge is -2.42. The maximum absolute atomic E-state index is 12.4. The molecule has 0 spiro atoms. The highest BCUT2D eigenvalue weighted by molar-refractivity contribution is 5.87. The molecular weight excluding hydrogens is 717 g/mol. The van der Waals surface area contributed by atoms with Crippen LogP contribution >= 0.6 is 0 Å². The summed E-state index contributed by atoms with van der Waals surface area (Å²) in [5.74, 6) is 1.17. The van der Waals surface area contributed by atoms with Crippen LogP contribution < -0.4 is 9.47 Å². The Balaban J connectivity index is 1.34. The van der Waals surface area contributed by atoms with Crippen molar-refractivity contribution in [2.75, 3.05) is 40.1 Å². The number of hydrogen-bond acceptors (Lipinski definition) is 8. The van der Waals surface area contributed by atoms with Crippen molar-refractivity contribution < 1.29 is 38.0 Å². The Bertz CT molecular complexity index is 1800. The minimum atomic E-state index is -0.773. The van der Waals surface area contributed by atoms with E-state index in [-0.39, 0.29) is 33.0 Å². The normalized spacial score (nSPS) is 18.6. The molecule has 3 aromatic carbocycles. The molecule has 3 aromatic rings. The highest BCUT2D eigenvalue weighted by Gasteiger charge is 2.42. The van der Waals surface area contributed by atoms with E-state index in [1.54, 1.807) is 21.0 Å². The first-order chi connectivity index (χ1) is 27.3. The molecule has 0 amide bonds. The summed E-state index contributed by atoms with van der Waals surface area (Å²) in [6.45, 7) is 17.6. The molecule has 0 radical (unpaired) electrons. The van der Waals surface area contributed by atoms with Gasteiger partial charge in [0.15, 0.2) is 5.79 Å². The fourth-order valence-corrected chi connectivity index (χ4v) is 7.66. The molecular formula is C49H64O8. The summed E-state index contributed by atoms with van der Waals surface area (Å²) in [5.41, 5.74) is 6.56. The average molecular weight is 781 g/mol. The average Bonchev–Trinajstić information content (AvgIpc) is 3.22. The third-order valence-corrected chi connectivity index (χ3v) is 11.4. The largest absolute Gasteiger partial charge is 0.496 e. The van der Waals surface area contributed by atoms with Gasteiger partial charge in [-0.2, -0.15) is 0 Å². The van der Waals surface area contributed by atoms with Gasteiger partial charge in [0.1, 0.15) is 24.7 Å². The number of carbonyl (C=O) groups is 2. The molecule has 0 N–H and O–H groups in total. The summed E-state index contributed by atoms with van der Waals surface area (Å²) < 4.78 is 35.6. The summed E-state index contributed by atoms with van der Waals surface area (Å²) in [7, 11) is 1.65. The Hall–Kier alpha value is -4.40. The van der Waals surface area contributed by atoms with Gasteiger partial charge in [0.05, 0.1) is 32.3 Å². The van der Waals surface area contributed by atoms with E-state index < -0.39 is 23.1 Å². The predicted molar refractivity (Wildman–Crippen MR) is 226 cm³/mol. The van der Waals surface area contributed by atoms with E-state index in [4.69, 9.17) is 28.4 Å². The zero-order valence-electron chi connectivity index (χ0n) is 35.2. The second kappa shape index (κ2) is 20.3. The van der Waals surface area contributed by atoms with E-state index in [0.29, 0.717) is 41.4 Å². The van der Waals surface area contributed by atoms with E-state index in [0.717, 1.165) is 28.2 Å². The molecule has 57 heavy (non-hydrogen) atoms. The van der Waals surface area contributed by atoms with Gasteiger partial charge < -0.3 is 28.4 Å². The van der Waals surface area contributed by atoms with Gasteiger partial charge in [0, 0.05) is 22.8 Å². The van der Waals surface area contributed by atoms with Crippen LogP contribution in [0.15, 0.2) is 85.0 Å². The van der Waals surface area contributed by atoms with Gasteiger partial charge in [-0.3, -0.25) is 0 Å². The first kappa shape index (κ1) is 43.7. The first-order valence-corrected chi connectivity index (χ1v) is 20.8. The zero-order chi connectivity index (χ0) is 41.0. The number of ether oxygens (including phenoxy) is 6. The molecule has 0 bridgehead atoms. The SMILES string of the molecule is C=C(C)C(=O)OCCCc1cc(-c2ccc(-c3ccc(C4CCC(CCCCC)CC4)cc3)cc2)c(OC)cc1OCC1(COC(=O)C(=C)C)COC(C)(C)OC1. The lowest BCUT2D eigenvalue weighted by atomic mass is 9.77. The van der Waals surface area contributed by atoms with Crippen molar-refractivity contribution in [3.63, 3.8) is 0 Å². The van der Waals surface area contributed by atoms with Crippen LogP contribution in [0.25, 0.3) is 22.3 Å². The number of hydrogen-bond donors (Lipinski definition) is 0. The maximum Gasteiger partial charge on any atom is 0.333 e. The van der Waals surface area contributed by atoms with E-state index in [1.807, 2.05) is 19.9 Å². The van der Waals surface area contributed by atoms with Crippen LogP contribution in [0.3, 0.4) is 0 Å². The number of unbranched alkanes of at least 4 members (excludes halogenated alkanes) is 2. The smallest absolute Gasteiger partial charge is 0.333 e. The molecule has 1 aliphatic carbocycles. The van der Waals surface area contributed by atoms with Crippen LogP contribution in [0, 0.1) is 11.3 Å². The Morgan fingerprint density at radius 3 is 1.95 bits per heavy atom. The van der Waals surface area contributed by atoms with E-state index in [1.165, 1.54) is 62.5 Å². The second-order valence-electron chi connectivity index (χ2n) is 16.7. The molecule has 1 saturated heterocycles. The molecule has 308 valence electrons. The molecule has 1 saturated carbocycles. The predicted octanol–water partition coefficient (Wildman–Crippen LogP) is 11.2. The van der Waals surface area contributed by atoms with Gasteiger partial charge in [-0.15, -0.1) is 0 Å². The van der Waals surface area contributed by atoms with Gasteiger partial charge in [0.25, 0.3) is 0 Å². The van der Waals surface area contributed by atoms with Crippen molar-refractivity contribution in [3.8, 4) is 33.8 Å². The second-order valence-corrected chi connectivity index (χ2v) is 16.7. The lowest BCUT2D eigenvalue weighted by Crippen LogP contribution is -2.52. The Morgan fingerprint density at radius 2 is 1.35 bits per heavy atom. The van der Waals surface area contributed by atoms with Crippen LogP contribution in [0.1, 0.15) is 109 Å².